The van der Waals surface area contributed by atoms with Gasteiger partial charge >= 0.3 is 5.97 Å². The lowest BCUT2D eigenvalue weighted by Crippen LogP contribution is -2.32. The van der Waals surface area contributed by atoms with Crippen LogP contribution in [0.5, 0.6) is 0 Å². The van der Waals surface area contributed by atoms with Crippen molar-refractivity contribution in [3.8, 4) is 0 Å². The SMILES string of the molecule is COC(=O)CC1CCc2cc(NC(=O)c3ccc(C=NN4CCOCC4)cc3)ccc2C1. The summed E-state index contributed by atoms with van der Waals surface area (Å²) in [6.45, 7) is 2.99. The zero-order valence-corrected chi connectivity index (χ0v) is 18.4. The zero-order chi connectivity index (χ0) is 22.3. The molecule has 1 atom stereocenters. The van der Waals surface area contributed by atoms with Gasteiger partial charge in [-0.15, -0.1) is 0 Å². The van der Waals surface area contributed by atoms with Crippen LogP contribution in [-0.2, 0) is 27.1 Å². The highest BCUT2D eigenvalue weighted by molar-refractivity contribution is 6.04. The molecule has 1 unspecified atom stereocenters. The summed E-state index contributed by atoms with van der Waals surface area (Å²) in [5.74, 6) is 0.0300. The minimum Gasteiger partial charge on any atom is -0.469 e. The first-order chi connectivity index (χ1) is 15.6. The van der Waals surface area contributed by atoms with Gasteiger partial charge in [0.15, 0.2) is 0 Å². The van der Waals surface area contributed by atoms with Gasteiger partial charge in [0.1, 0.15) is 0 Å². The molecule has 7 heteroatoms. The Labute approximate surface area is 188 Å². The number of fused-ring (bicyclic) bond motifs is 1. The molecule has 1 aliphatic heterocycles. The van der Waals surface area contributed by atoms with Crippen molar-refractivity contribution in [2.24, 2.45) is 11.0 Å². The molecule has 32 heavy (non-hydrogen) atoms. The number of methoxy groups -OCH3 is 1. The highest BCUT2D eigenvalue weighted by Crippen LogP contribution is 2.30. The van der Waals surface area contributed by atoms with E-state index in [1.54, 1.807) is 0 Å². The minimum atomic E-state index is -0.152. The summed E-state index contributed by atoms with van der Waals surface area (Å²) >= 11 is 0. The summed E-state index contributed by atoms with van der Waals surface area (Å²) in [6, 6.07) is 13.4. The maximum atomic E-state index is 12.7. The normalized spacial score (nSPS) is 18.3. The van der Waals surface area contributed by atoms with Crippen LogP contribution in [0, 0.1) is 5.92 Å². The third kappa shape index (κ3) is 5.73. The number of aryl methyl sites for hydroxylation is 1. The molecule has 1 fully saturated rings. The molecule has 1 heterocycles. The summed E-state index contributed by atoms with van der Waals surface area (Å²) in [6.07, 6.45) is 4.99. The van der Waals surface area contributed by atoms with Gasteiger partial charge in [0.25, 0.3) is 5.91 Å². The molecule has 4 rings (SSSR count). The summed E-state index contributed by atoms with van der Waals surface area (Å²) in [7, 11) is 1.43. The van der Waals surface area contributed by atoms with Crippen molar-refractivity contribution in [1.29, 1.82) is 0 Å². The second-order valence-corrected chi connectivity index (χ2v) is 8.26. The number of carbonyl (C=O) groups excluding carboxylic acids is 2. The van der Waals surface area contributed by atoms with Crippen molar-refractivity contribution >= 4 is 23.8 Å². The molecule has 1 saturated heterocycles. The lowest BCUT2D eigenvalue weighted by atomic mass is 9.82. The van der Waals surface area contributed by atoms with Crippen LogP contribution < -0.4 is 5.32 Å². The van der Waals surface area contributed by atoms with Gasteiger partial charge in [-0.2, -0.15) is 5.10 Å². The maximum Gasteiger partial charge on any atom is 0.305 e. The topological polar surface area (TPSA) is 80.2 Å². The van der Waals surface area contributed by atoms with E-state index in [9.17, 15) is 9.59 Å². The second-order valence-electron chi connectivity index (χ2n) is 8.26. The fourth-order valence-electron chi connectivity index (χ4n) is 4.14. The fourth-order valence-corrected chi connectivity index (χ4v) is 4.14. The van der Waals surface area contributed by atoms with E-state index < -0.39 is 0 Å². The van der Waals surface area contributed by atoms with Crippen LogP contribution in [-0.4, -0.2) is 56.5 Å². The van der Waals surface area contributed by atoms with E-state index >= 15 is 0 Å². The predicted octanol–water partition coefficient (Wildman–Crippen LogP) is 3.27. The standard InChI is InChI=1S/C25H29N3O4/c1-31-24(29)15-19-4-7-22-16-23(9-8-21(22)14-19)27-25(30)20-5-2-18(3-6-20)17-26-28-10-12-32-13-11-28/h2-3,5-6,8-9,16-17,19H,4,7,10-15H2,1H3,(H,27,30). The van der Waals surface area contributed by atoms with E-state index in [4.69, 9.17) is 9.47 Å². The van der Waals surface area contributed by atoms with Crippen LogP contribution in [0.4, 0.5) is 5.69 Å². The summed E-state index contributed by atoms with van der Waals surface area (Å²) < 4.78 is 10.1. The van der Waals surface area contributed by atoms with Crippen molar-refractivity contribution in [2.45, 2.75) is 25.7 Å². The number of amides is 1. The number of morpholine rings is 1. The molecule has 0 radical (unpaired) electrons. The Balaban J connectivity index is 1.34. The fraction of sp³-hybridized carbons (Fsp3) is 0.400. The number of nitrogens with zero attached hydrogens (tertiary/aromatic N) is 2. The number of rotatable bonds is 6. The number of carbonyl (C=O) groups is 2. The van der Waals surface area contributed by atoms with Crippen molar-refractivity contribution in [3.05, 3.63) is 64.7 Å². The first-order valence-electron chi connectivity index (χ1n) is 11.1. The Bertz CT molecular complexity index is 981. The van der Waals surface area contributed by atoms with E-state index in [2.05, 4.69) is 16.5 Å². The average molecular weight is 436 g/mol. The van der Waals surface area contributed by atoms with Crippen LogP contribution >= 0.6 is 0 Å². The number of hydrogen-bond acceptors (Lipinski definition) is 6. The van der Waals surface area contributed by atoms with Gasteiger partial charge in [-0.05, 0) is 66.1 Å². The van der Waals surface area contributed by atoms with E-state index in [1.807, 2.05) is 47.6 Å². The van der Waals surface area contributed by atoms with Gasteiger partial charge in [0, 0.05) is 17.7 Å². The molecule has 1 N–H and O–H groups in total. The lowest BCUT2D eigenvalue weighted by molar-refractivity contribution is -0.141. The number of hydrogen-bond donors (Lipinski definition) is 1. The predicted molar refractivity (Wildman–Crippen MR) is 123 cm³/mol. The van der Waals surface area contributed by atoms with Crippen molar-refractivity contribution in [2.75, 3.05) is 38.7 Å². The molecule has 1 aliphatic carbocycles. The van der Waals surface area contributed by atoms with Crippen molar-refractivity contribution in [1.82, 2.24) is 5.01 Å². The molecule has 0 saturated carbocycles. The van der Waals surface area contributed by atoms with Crippen LogP contribution in [0.2, 0.25) is 0 Å². The smallest absolute Gasteiger partial charge is 0.305 e. The molecular weight excluding hydrogens is 406 g/mol. The van der Waals surface area contributed by atoms with E-state index in [0.717, 1.165) is 43.6 Å². The number of benzene rings is 2. The highest BCUT2D eigenvalue weighted by Gasteiger charge is 2.22. The van der Waals surface area contributed by atoms with E-state index in [1.165, 1.54) is 18.2 Å². The largest absolute Gasteiger partial charge is 0.469 e. The number of esters is 1. The van der Waals surface area contributed by atoms with E-state index in [-0.39, 0.29) is 11.9 Å². The van der Waals surface area contributed by atoms with Gasteiger partial charge in [-0.1, -0.05) is 18.2 Å². The Kier molecular flexibility index (Phi) is 7.17. The Morgan fingerprint density at radius 3 is 2.69 bits per heavy atom. The molecule has 2 aliphatic rings. The third-order valence-electron chi connectivity index (χ3n) is 6.01. The van der Waals surface area contributed by atoms with Crippen LogP contribution in [0.15, 0.2) is 47.6 Å². The Morgan fingerprint density at radius 2 is 1.94 bits per heavy atom. The summed E-state index contributed by atoms with van der Waals surface area (Å²) in [5, 5.41) is 9.44. The first-order valence-corrected chi connectivity index (χ1v) is 11.1. The molecule has 0 bridgehead atoms. The zero-order valence-electron chi connectivity index (χ0n) is 18.4. The Hall–Kier alpha value is -3.19. The molecule has 1 amide bonds. The number of nitrogens with one attached hydrogen (secondary N) is 1. The molecule has 2 aromatic carbocycles. The second kappa shape index (κ2) is 10.4. The number of ether oxygens (including phenoxy) is 2. The van der Waals surface area contributed by atoms with Gasteiger partial charge in [0.2, 0.25) is 0 Å². The summed E-state index contributed by atoms with van der Waals surface area (Å²) in [4.78, 5) is 24.2. The number of hydrazone groups is 1. The molecule has 7 nitrogen and oxygen atoms in total. The van der Waals surface area contributed by atoms with Crippen LogP contribution in [0.25, 0.3) is 0 Å². The summed E-state index contributed by atoms with van der Waals surface area (Å²) in [5.41, 5.74) is 4.82. The first kappa shape index (κ1) is 22.0. The van der Waals surface area contributed by atoms with Gasteiger partial charge in [-0.25, -0.2) is 0 Å². The Morgan fingerprint density at radius 1 is 1.16 bits per heavy atom. The van der Waals surface area contributed by atoms with Crippen molar-refractivity contribution in [3.63, 3.8) is 0 Å². The van der Waals surface area contributed by atoms with Crippen LogP contribution in [0.1, 0.15) is 39.9 Å². The monoisotopic (exact) mass is 435 g/mol. The van der Waals surface area contributed by atoms with Gasteiger partial charge in [0.05, 0.1) is 39.6 Å². The quantitative estimate of drug-likeness (QED) is 0.556. The molecule has 0 aromatic heterocycles. The highest BCUT2D eigenvalue weighted by atomic mass is 16.5. The third-order valence-corrected chi connectivity index (χ3v) is 6.01. The molecule has 0 spiro atoms. The molecular formula is C25H29N3O4. The minimum absolute atomic E-state index is 0.138. The van der Waals surface area contributed by atoms with Crippen LogP contribution in [0.3, 0.4) is 0 Å². The van der Waals surface area contributed by atoms with Gasteiger partial charge < -0.3 is 14.8 Å². The molecule has 168 valence electrons. The lowest BCUT2D eigenvalue weighted by Gasteiger charge is -2.24. The van der Waals surface area contributed by atoms with Crippen molar-refractivity contribution < 1.29 is 19.1 Å². The molecule has 2 aromatic rings. The van der Waals surface area contributed by atoms with Gasteiger partial charge in [-0.3, -0.25) is 14.6 Å². The average Bonchev–Trinajstić information content (AvgIpc) is 2.83. The number of anilines is 1. The maximum absolute atomic E-state index is 12.7. The van der Waals surface area contributed by atoms with E-state index in [0.29, 0.717) is 31.1 Å².